The molecule has 21 heavy (non-hydrogen) atoms. The molecule has 1 aromatic carbocycles. The van der Waals surface area contributed by atoms with Crippen molar-refractivity contribution in [2.24, 2.45) is 0 Å². The van der Waals surface area contributed by atoms with Gasteiger partial charge in [-0.2, -0.15) is 13.2 Å². The van der Waals surface area contributed by atoms with Crippen LogP contribution in [-0.4, -0.2) is 23.7 Å². The maximum atomic E-state index is 13.3. The summed E-state index contributed by atoms with van der Waals surface area (Å²) >= 11 is 0. The number of hydrogen-bond donors (Lipinski definition) is 1. The Morgan fingerprint density at radius 3 is 2.71 bits per heavy atom. The maximum absolute atomic E-state index is 13.3. The van der Waals surface area contributed by atoms with Crippen molar-refractivity contribution in [1.29, 1.82) is 0 Å². The molecule has 0 spiro atoms. The minimum absolute atomic E-state index is 0.0755. The quantitative estimate of drug-likeness (QED) is 0.842. The molecule has 6 heteroatoms. The van der Waals surface area contributed by atoms with E-state index in [1.165, 1.54) is 6.20 Å². The van der Waals surface area contributed by atoms with Crippen LogP contribution >= 0.6 is 0 Å². The van der Waals surface area contributed by atoms with E-state index >= 15 is 0 Å². The monoisotopic (exact) mass is 299 g/mol. The van der Waals surface area contributed by atoms with E-state index in [0.29, 0.717) is 17.3 Å². The minimum Gasteiger partial charge on any atom is -0.466 e. The molecule has 0 aliphatic heterocycles. The third-order valence-corrected chi connectivity index (χ3v) is 3.23. The van der Waals surface area contributed by atoms with Crippen LogP contribution in [0.1, 0.15) is 31.2 Å². The van der Waals surface area contributed by atoms with Crippen molar-refractivity contribution in [2.45, 2.75) is 31.9 Å². The molecule has 1 atom stereocenters. The number of benzene rings is 1. The molecule has 2 rings (SSSR count). The zero-order chi connectivity index (χ0) is 15.5. The van der Waals surface area contributed by atoms with Crippen LogP contribution in [0.4, 0.5) is 13.2 Å². The van der Waals surface area contributed by atoms with Crippen molar-refractivity contribution in [3.63, 3.8) is 0 Å². The van der Waals surface area contributed by atoms with E-state index in [9.17, 15) is 18.0 Å². The zero-order valence-electron chi connectivity index (χ0n) is 11.5. The number of alkyl halides is 3. The van der Waals surface area contributed by atoms with E-state index in [4.69, 9.17) is 4.74 Å². The van der Waals surface area contributed by atoms with Crippen LogP contribution < -0.4 is 0 Å². The summed E-state index contributed by atoms with van der Waals surface area (Å²) in [6, 6.07) is 6.71. The second kappa shape index (κ2) is 6.20. The van der Waals surface area contributed by atoms with Gasteiger partial charge in [-0.3, -0.25) is 4.79 Å². The molecule has 0 radical (unpaired) electrons. The Bertz CT molecular complexity index is 619. The molecule has 1 aromatic heterocycles. The van der Waals surface area contributed by atoms with Gasteiger partial charge in [-0.05, 0) is 18.1 Å². The fraction of sp³-hybridized carbons (Fsp3) is 0.400. The lowest BCUT2D eigenvalue weighted by Gasteiger charge is -2.19. The molecular weight excluding hydrogens is 283 g/mol. The summed E-state index contributed by atoms with van der Waals surface area (Å²) in [4.78, 5) is 14.4. The maximum Gasteiger partial charge on any atom is 0.396 e. The average molecular weight is 299 g/mol. The third kappa shape index (κ3) is 3.56. The van der Waals surface area contributed by atoms with Gasteiger partial charge in [0, 0.05) is 17.1 Å². The lowest BCUT2D eigenvalue weighted by atomic mass is 9.94. The van der Waals surface area contributed by atoms with Gasteiger partial charge in [0.25, 0.3) is 0 Å². The van der Waals surface area contributed by atoms with Gasteiger partial charge in [-0.25, -0.2) is 0 Å². The summed E-state index contributed by atoms with van der Waals surface area (Å²) in [5, 5.41) is 0.475. The molecule has 0 bridgehead atoms. The van der Waals surface area contributed by atoms with Crippen molar-refractivity contribution in [1.82, 2.24) is 4.98 Å². The molecular formula is C15H16F3NO2. The van der Waals surface area contributed by atoms with Gasteiger partial charge in [-0.15, -0.1) is 0 Å². The molecule has 3 nitrogen and oxygen atoms in total. The Hall–Kier alpha value is -1.98. The number of H-pyrrole nitrogens is 1. The van der Waals surface area contributed by atoms with E-state index in [1.54, 1.807) is 31.2 Å². The molecule has 2 aromatic rings. The van der Waals surface area contributed by atoms with Crippen LogP contribution in [0.3, 0.4) is 0 Å². The van der Waals surface area contributed by atoms with E-state index in [1.807, 2.05) is 0 Å². The number of nitrogens with one attached hydrogen (secondary N) is 1. The van der Waals surface area contributed by atoms with Crippen molar-refractivity contribution in [3.05, 3.63) is 36.0 Å². The number of carbonyl (C=O) groups is 1. The van der Waals surface area contributed by atoms with Gasteiger partial charge >= 0.3 is 12.1 Å². The van der Waals surface area contributed by atoms with Crippen molar-refractivity contribution >= 4 is 16.9 Å². The number of halogens is 3. The number of carbonyl (C=O) groups excluding carboxylic acids is 1. The molecule has 114 valence electrons. The normalized spacial score (nSPS) is 13.3. The Kier molecular flexibility index (Phi) is 4.55. The Morgan fingerprint density at radius 2 is 2.05 bits per heavy atom. The second-order valence-corrected chi connectivity index (χ2v) is 4.81. The minimum atomic E-state index is -4.50. The predicted octanol–water partition coefficient (Wildman–Crippen LogP) is 4.16. The number of para-hydroxylation sites is 1. The highest BCUT2D eigenvalue weighted by Gasteiger charge is 2.43. The number of aromatic nitrogens is 1. The molecule has 0 saturated heterocycles. The summed E-state index contributed by atoms with van der Waals surface area (Å²) in [5.41, 5.74) is 0.690. The summed E-state index contributed by atoms with van der Waals surface area (Å²) in [6.45, 7) is 1.92. The molecule has 1 heterocycles. The average Bonchev–Trinajstić information content (AvgIpc) is 2.85. The van der Waals surface area contributed by atoms with E-state index in [-0.39, 0.29) is 12.2 Å². The molecule has 0 unspecified atom stereocenters. The summed E-state index contributed by atoms with van der Waals surface area (Å²) in [6.07, 6.45) is -3.31. The van der Waals surface area contributed by atoms with Crippen LogP contribution in [-0.2, 0) is 9.53 Å². The van der Waals surface area contributed by atoms with Crippen molar-refractivity contribution in [2.75, 3.05) is 6.61 Å². The highest BCUT2D eigenvalue weighted by Crippen LogP contribution is 2.40. The van der Waals surface area contributed by atoms with E-state index in [0.717, 1.165) is 0 Å². The molecule has 0 aliphatic carbocycles. The van der Waals surface area contributed by atoms with Crippen LogP contribution in [0, 0.1) is 0 Å². The van der Waals surface area contributed by atoms with Crippen LogP contribution in [0.5, 0.6) is 0 Å². The Morgan fingerprint density at radius 1 is 1.33 bits per heavy atom. The van der Waals surface area contributed by atoms with Crippen LogP contribution in [0.2, 0.25) is 0 Å². The number of ether oxygens (including phenoxy) is 1. The lowest BCUT2D eigenvalue weighted by molar-refractivity contribution is -0.166. The predicted molar refractivity (Wildman–Crippen MR) is 73.0 cm³/mol. The van der Waals surface area contributed by atoms with Gasteiger partial charge in [-0.1, -0.05) is 25.1 Å². The van der Waals surface area contributed by atoms with Gasteiger partial charge in [0.05, 0.1) is 18.9 Å². The highest BCUT2D eigenvalue weighted by molar-refractivity contribution is 5.84. The van der Waals surface area contributed by atoms with E-state index < -0.39 is 24.5 Å². The fourth-order valence-corrected chi connectivity index (χ4v) is 2.23. The first-order chi connectivity index (χ1) is 9.93. The molecule has 0 fully saturated rings. The Balaban J connectivity index is 2.30. The number of fused-ring (bicyclic) bond motifs is 1. The summed E-state index contributed by atoms with van der Waals surface area (Å²) in [5.74, 6) is -2.69. The van der Waals surface area contributed by atoms with Crippen molar-refractivity contribution < 1.29 is 22.7 Å². The Labute approximate surface area is 120 Å². The highest BCUT2D eigenvalue weighted by atomic mass is 19.4. The molecule has 1 N–H and O–H groups in total. The van der Waals surface area contributed by atoms with Crippen LogP contribution in [0.25, 0.3) is 10.9 Å². The second-order valence-electron chi connectivity index (χ2n) is 4.81. The topological polar surface area (TPSA) is 42.1 Å². The molecule has 0 saturated carbocycles. The molecule has 0 amide bonds. The zero-order valence-corrected chi connectivity index (χ0v) is 11.5. The SMILES string of the molecule is CCCOC(=O)C[C@H](c1c[nH]c2ccccc12)C(F)(F)F. The number of esters is 1. The first-order valence-corrected chi connectivity index (χ1v) is 6.71. The summed E-state index contributed by atoms with van der Waals surface area (Å²) < 4.78 is 44.6. The third-order valence-electron chi connectivity index (χ3n) is 3.23. The number of aromatic amines is 1. The van der Waals surface area contributed by atoms with Gasteiger partial charge in [0.15, 0.2) is 0 Å². The number of hydrogen-bond acceptors (Lipinski definition) is 2. The van der Waals surface area contributed by atoms with Gasteiger partial charge < -0.3 is 9.72 Å². The fourth-order valence-electron chi connectivity index (χ4n) is 2.23. The number of rotatable bonds is 5. The lowest BCUT2D eigenvalue weighted by Crippen LogP contribution is -2.24. The van der Waals surface area contributed by atoms with Gasteiger partial charge in [0.1, 0.15) is 0 Å². The van der Waals surface area contributed by atoms with Crippen LogP contribution in [0.15, 0.2) is 30.5 Å². The first-order valence-electron chi connectivity index (χ1n) is 6.71. The smallest absolute Gasteiger partial charge is 0.396 e. The largest absolute Gasteiger partial charge is 0.466 e. The van der Waals surface area contributed by atoms with Crippen molar-refractivity contribution in [3.8, 4) is 0 Å². The molecule has 0 aliphatic rings. The van der Waals surface area contributed by atoms with E-state index in [2.05, 4.69) is 4.98 Å². The first kappa shape index (κ1) is 15.4. The standard InChI is InChI=1S/C15H16F3NO2/c1-2-7-21-14(20)8-12(15(16,17)18)11-9-19-13-6-4-3-5-10(11)13/h3-6,9,12,19H,2,7-8H2,1H3/t12-/m1/s1. The van der Waals surface area contributed by atoms with Gasteiger partial charge in [0.2, 0.25) is 0 Å². The summed E-state index contributed by atoms with van der Waals surface area (Å²) in [7, 11) is 0.